The summed E-state index contributed by atoms with van der Waals surface area (Å²) in [5, 5.41) is 9.05. The molecule has 3 N–H and O–H groups in total. The highest BCUT2D eigenvalue weighted by molar-refractivity contribution is 5.68. The van der Waals surface area contributed by atoms with Crippen LogP contribution in [-0.2, 0) is 11.3 Å². The molecule has 5 heteroatoms. The van der Waals surface area contributed by atoms with Crippen molar-refractivity contribution in [3.05, 3.63) is 29.8 Å². The lowest BCUT2D eigenvalue weighted by Crippen LogP contribution is -2.38. The quantitative estimate of drug-likeness (QED) is 0.817. The van der Waals surface area contributed by atoms with Crippen LogP contribution in [0.4, 0.5) is 10.5 Å². The average Bonchev–Trinajstić information content (AvgIpc) is 2.29. The molecule has 0 aliphatic heterocycles. The summed E-state index contributed by atoms with van der Waals surface area (Å²) in [5.41, 5.74) is 6.74. The largest absolute Gasteiger partial charge is 0.444 e. The Balaban J connectivity index is 2.78. The number of carbonyl (C=O) groups is 1. The second kappa shape index (κ2) is 6.43. The zero-order chi connectivity index (χ0) is 14.5. The van der Waals surface area contributed by atoms with Crippen LogP contribution in [0.1, 0.15) is 26.3 Å². The molecule has 0 atom stereocenters. The molecule has 0 spiro atoms. The van der Waals surface area contributed by atoms with Crippen LogP contribution in [0.25, 0.3) is 0 Å². The van der Waals surface area contributed by atoms with Crippen molar-refractivity contribution in [2.24, 2.45) is 0 Å². The van der Waals surface area contributed by atoms with Gasteiger partial charge in [0.05, 0.1) is 13.2 Å². The smallest absolute Gasteiger partial charge is 0.410 e. The first-order valence-electron chi connectivity index (χ1n) is 6.25. The van der Waals surface area contributed by atoms with Gasteiger partial charge in [0.15, 0.2) is 0 Å². The molecule has 0 fully saturated rings. The first kappa shape index (κ1) is 15.3. The van der Waals surface area contributed by atoms with Crippen molar-refractivity contribution in [3.8, 4) is 0 Å². The lowest BCUT2D eigenvalue weighted by molar-refractivity contribution is 0.0202. The van der Waals surface area contributed by atoms with Crippen LogP contribution in [0.15, 0.2) is 24.3 Å². The molecule has 1 aromatic rings. The topological polar surface area (TPSA) is 75.8 Å². The van der Waals surface area contributed by atoms with Gasteiger partial charge in [-0.15, -0.1) is 0 Å². The summed E-state index contributed by atoms with van der Waals surface area (Å²) in [6.45, 7) is 5.83. The molecule has 0 saturated heterocycles. The second-order valence-electron chi connectivity index (χ2n) is 5.32. The van der Waals surface area contributed by atoms with Gasteiger partial charge in [0.25, 0.3) is 0 Å². The fraction of sp³-hybridized carbons (Fsp3) is 0.500. The molecule has 0 radical (unpaired) electrons. The molecule has 1 aromatic carbocycles. The highest BCUT2D eigenvalue weighted by Gasteiger charge is 2.22. The third-order valence-corrected chi connectivity index (χ3v) is 2.44. The minimum Gasteiger partial charge on any atom is -0.444 e. The van der Waals surface area contributed by atoms with Crippen LogP contribution in [-0.4, -0.2) is 34.9 Å². The lowest BCUT2D eigenvalue weighted by Gasteiger charge is -2.27. The molecular formula is C14H22N2O3. The van der Waals surface area contributed by atoms with Crippen LogP contribution >= 0.6 is 0 Å². The van der Waals surface area contributed by atoms with Crippen molar-refractivity contribution in [1.82, 2.24) is 4.90 Å². The van der Waals surface area contributed by atoms with E-state index >= 15 is 0 Å². The van der Waals surface area contributed by atoms with Crippen LogP contribution < -0.4 is 5.73 Å². The highest BCUT2D eigenvalue weighted by Crippen LogP contribution is 2.16. The Labute approximate surface area is 114 Å². The molecule has 0 saturated carbocycles. The zero-order valence-electron chi connectivity index (χ0n) is 11.7. The molecular weight excluding hydrogens is 244 g/mol. The number of nitrogens with zero attached hydrogens (tertiary/aromatic N) is 1. The van der Waals surface area contributed by atoms with Gasteiger partial charge in [-0.3, -0.25) is 0 Å². The van der Waals surface area contributed by atoms with E-state index in [1.54, 1.807) is 26.8 Å². The molecule has 0 aliphatic carbocycles. The van der Waals surface area contributed by atoms with E-state index in [2.05, 4.69) is 0 Å². The molecule has 19 heavy (non-hydrogen) atoms. The number of nitrogens with two attached hydrogens (primary N) is 1. The van der Waals surface area contributed by atoms with Crippen molar-refractivity contribution in [1.29, 1.82) is 0 Å². The first-order valence-corrected chi connectivity index (χ1v) is 6.25. The number of rotatable bonds is 4. The Bertz CT molecular complexity index is 427. The molecule has 0 aromatic heterocycles. The fourth-order valence-corrected chi connectivity index (χ4v) is 1.57. The second-order valence-corrected chi connectivity index (χ2v) is 5.32. The summed E-state index contributed by atoms with van der Waals surface area (Å²) < 4.78 is 5.30. The maximum Gasteiger partial charge on any atom is 0.410 e. The van der Waals surface area contributed by atoms with E-state index in [1.807, 2.05) is 18.2 Å². The number of anilines is 1. The number of carbonyl (C=O) groups excluding carboxylic acids is 1. The van der Waals surface area contributed by atoms with Gasteiger partial charge in [-0.1, -0.05) is 18.2 Å². The van der Waals surface area contributed by atoms with Gasteiger partial charge in [-0.25, -0.2) is 4.79 Å². The van der Waals surface area contributed by atoms with Crippen molar-refractivity contribution < 1.29 is 14.6 Å². The number of amides is 1. The van der Waals surface area contributed by atoms with Crippen molar-refractivity contribution >= 4 is 11.8 Å². The number of aliphatic hydroxyl groups excluding tert-OH is 1. The van der Waals surface area contributed by atoms with Crippen LogP contribution in [0.3, 0.4) is 0 Å². The van der Waals surface area contributed by atoms with Crippen LogP contribution in [0, 0.1) is 0 Å². The average molecular weight is 266 g/mol. The van der Waals surface area contributed by atoms with E-state index in [0.717, 1.165) is 5.56 Å². The Kier molecular flexibility index (Phi) is 5.18. The Morgan fingerprint density at radius 3 is 2.53 bits per heavy atom. The minimum atomic E-state index is -0.562. The molecule has 1 rings (SSSR count). The molecule has 5 nitrogen and oxygen atoms in total. The van der Waals surface area contributed by atoms with Gasteiger partial charge in [-0.2, -0.15) is 0 Å². The summed E-state index contributed by atoms with van der Waals surface area (Å²) in [4.78, 5) is 13.5. The standard InChI is InChI=1S/C14H22N2O3/c1-14(2,3)19-13(18)16(8-9-17)10-11-6-4-5-7-12(11)15/h4-7,17H,8-10,15H2,1-3H3. The maximum absolute atomic E-state index is 12.0. The van der Waals surface area contributed by atoms with Crippen molar-refractivity contribution in [3.63, 3.8) is 0 Å². The molecule has 106 valence electrons. The number of benzene rings is 1. The van der Waals surface area contributed by atoms with Gasteiger partial charge >= 0.3 is 6.09 Å². The van der Waals surface area contributed by atoms with Crippen molar-refractivity contribution in [2.75, 3.05) is 18.9 Å². The zero-order valence-corrected chi connectivity index (χ0v) is 11.7. The monoisotopic (exact) mass is 266 g/mol. The van der Waals surface area contributed by atoms with E-state index in [0.29, 0.717) is 12.2 Å². The number of aliphatic hydroxyl groups is 1. The SMILES string of the molecule is CC(C)(C)OC(=O)N(CCO)Cc1ccccc1N. The van der Waals surface area contributed by atoms with Crippen LogP contribution in [0.2, 0.25) is 0 Å². The van der Waals surface area contributed by atoms with Crippen LogP contribution in [0.5, 0.6) is 0 Å². The third kappa shape index (κ3) is 5.18. The van der Waals surface area contributed by atoms with Gasteiger partial charge in [0.2, 0.25) is 0 Å². The molecule has 0 bridgehead atoms. The fourth-order valence-electron chi connectivity index (χ4n) is 1.57. The van der Waals surface area contributed by atoms with Gasteiger partial charge < -0.3 is 20.5 Å². The number of nitrogen functional groups attached to an aromatic ring is 1. The normalized spacial score (nSPS) is 11.2. The Hall–Kier alpha value is -1.75. The summed E-state index contributed by atoms with van der Waals surface area (Å²) in [6, 6.07) is 7.33. The number of hydrogen-bond acceptors (Lipinski definition) is 4. The predicted octanol–water partition coefficient (Wildman–Crippen LogP) is 2.00. The molecule has 1 amide bonds. The Morgan fingerprint density at radius 1 is 1.37 bits per heavy atom. The minimum absolute atomic E-state index is 0.119. The molecule has 0 heterocycles. The molecule has 0 unspecified atom stereocenters. The Morgan fingerprint density at radius 2 is 2.00 bits per heavy atom. The van der Waals surface area contributed by atoms with E-state index in [9.17, 15) is 4.79 Å². The van der Waals surface area contributed by atoms with Crippen molar-refractivity contribution in [2.45, 2.75) is 32.9 Å². The van der Waals surface area contributed by atoms with Gasteiger partial charge in [0.1, 0.15) is 5.60 Å². The van der Waals surface area contributed by atoms with E-state index in [4.69, 9.17) is 15.6 Å². The van der Waals surface area contributed by atoms with Gasteiger partial charge in [0, 0.05) is 12.2 Å². The number of hydrogen-bond donors (Lipinski definition) is 2. The first-order chi connectivity index (χ1) is 8.83. The lowest BCUT2D eigenvalue weighted by atomic mass is 10.1. The van der Waals surface area contributed by atoms with E-state index < -0.39 is 11.7 Å². The highest BCUT2D eigenvalue weighted by atomic mass is 16.6. The molecule has 0 aliphatic rings. The predicted molar refractivity (Wildman–Crippen MR) is 74.6 cm³/mol. The third-order valence-electron chi connectivity index (χ3n) is 2.44. The summed E-state index contributed by atoms with van der Waals surface area (Å²) in [6.07, 6.45) is -0.454. The van der Waals surface area contributed by atoms with E-state index in [-0.39, 0.29) is 13.2 Å². The summed E-state index contributed by atoms with van der Waals surface area (Å²) in [5.74, 6) is 0. The summed E-state index contributed by atoms with van der Waals surface area (Å²) >= 11 is 0. The summed E-state index contributed by atoms with van der Waals surface area (Å²) in [7, 11) is 0. The van der Waals surface area contributed by atoms with Gasteiger partial charge in [-0.05, 0) is 32.4 Å². The van der Waals surface area contributed by atoms with E-state index in [1.165, 1.54) is 4.90 Å². The number of ether oxygens (including phenoxy) is 1. The number of para-hydroxylation sites is 1. The maximum atomic E-state index is 12.0.